The predicted octanol–water partition coefficient (Wildman–Crippen LogP) is 2.43. The SMILES string of the molecule is Cc1cc(O)c2c(c1)[C@@H]([C@H]1OC[C@@H](OC(=O)c3ccccc3)[C@@H](O)[C@@H]1O)c1cccc(O)c1C2=O. The number of aliphatic hydroxyl groups excluding tert-OH is 2. The Hall–Kier alpha value is -3.72. The third-order valence-corrected chi connectivity index (χ3v) is 6.61. The van der Waals surface area contributed by atoms with Crippen molar-refractivity contribution in [1.29, 1.82) is 0 Å². The molecule has 8 heteroatoms. The number of carbonyl (C=O) groups excluding carboxylic acids is 2. The highest BCUT2D eigenvalue weighted by molar-refractivity contribution is 6.16. The average Bonchev–Trinajstić information content (AvgIpc) is 2.83. The van der Waals surface area contributed by atoms with Crippen molar-refractivity contribution in [2.45, 2.75) is 37.3 Å². The molecule has 8 nitrogen and oxygen atoms in total. The number of hydrogen-bond donors (Lipinski definition) is 4. The number of benzene rings is 3. The van der Waals surface area contributed by atoms with Gasteiger partial charge in [0.15, 0.2) is 6.10 Å². The molecule has 3 aromatic carbocycles. The standard InChI is InChI=1S/C27H24O8/c1-13-10-16-20(15-8-5-9-17(28)21(15)24(31)22(16)18(29)11-13)26-25(32)23(30)19(12-34-26)35-27(33)14-6-3-2-4-7-14/h2-11,19-20,23,25-26,28-30,32H,12H2,1H3/t19-,20+,23-,25+,26-/m1/s1. The number of aryl methyl sites for hydroxylation is 1. The molecule has 0 saturated carbocycles. The van der Waals surface area contributed by atoms with E-state index in [2.05, 4.69) is 0 Å². The van der Waals surface area contributed by atoms with Gasteiger partial charge >= 0.3 is 5.97 Å². The van der Waals surface area contributed by atoms with E-state index in [9.17, 15) is 30.0 Å². The van der Waals surface area contributed by atoms with Gasteiger partial charge in [0.05, 0.1) is 29.4 Å². The first-order chi connectivity index (χ1) is 16.8. The third kappa shape index (κ3) is 3.85. The zero-order chi connectivity index (χ0) is 24.9. The Morgan fingerprint density at radius 2 is 1.63 bits per heavy atom. The van der Waals surface area contributed by atoms with Gasteiger partial charge in [-0.2, -0.15) is 0 Å². The molecule has 35 heavy (non-hydrogen) atoms. The summed E-state index contributed by atoms with van der Waals surface area (Å²) in [6.45, 7) is 1.55. The molecule has 5 rings (SSSR count). The van der Waals surface area contributed by atoms with Gasteiger partial charge in [0.2, 0.25) is 5.78 Å². The Bertz CT molecular complexity index is 1300. The number of fused-ring (bicyclic) bond motifs is 2. The lowest BCUT2D eigenvalue weighted by Gasteiger charge is -2.42. The largest absolute Gasteiger partial charge is 0.507 e. The van der Waals surface area contributed by atoms with E-state index in [1.807, 2.05) is 0 Å². The van der Waals surface area contributed by atoms with Gasteiger partial charge < -0.3 is 29.9 Å². The molecular formula is C27H24O8. The quantitative estimate of drug-likeness (QED) is 0.424. The highest BCUT2D eigenvalue weighted by Crippen LogP contribution is 2.47. The minimum atomic E-state index is -1.50. The first kappa shape index (κ1) is 23.0. The summed E-state index contributed by atoms with van der Waals surface area (Å²) in [4.78, 5) is 25.7. The molecule has 2 aliphatic rings. The highest BCUT2D eigenvalue weighted by atomic mass is 16.6. The molecule has 0 amide bonds. The fraction of sp³-hybridized carbons (Fsp3) is 0.259. The first-order valence-electron chi connectivity index (χ1n) is 11.2. The van der Waals surface area contributed by atoms with Gasteiger partial charge in [-0.3, -0.25) is 4.79 Å². The lowest BCUT2D eigenvalue weighted by atomic mass is 9.71. The lowest BCUT2D eigenvalue weighted by molar-refractivity contribution is -0.191. The van der Waals surface area contributed by atoms with E-state index >= 15 is 0 Å². The molecule has 4 N–H and O–H groups in total. The number of phenolic OH excluding ortho intramolecular Hbond substituents is 2. The number of carbonyl (C=O) groups is 2. The van der Waals surface area contributed by atoms with Crippen LogP contribution in [-0.4, -0.2) is 63.2 Å². The maximum Gasteiger partial charge on any atom is 0.338 e. The summed E-state index contributed by atoms with van der Waals surface area (Å²) >= 11 is 0. The molecule has 0 bridgehead atoms. The van der Waals surface area contributed by atoms with Crippen molar-refractivity contribution in [1.82, 2.24) is 0 Å². The molecule has 1 fully saturated rings. The van der Waals surface area contributed by atoms with E-state index in [1.165, 1.54) is 12.1 Å². The summed E-state index contributed by atoms with van der Waals surface area (Å²) in [5.41, 5.74) is 1.82. The molecule has 0 aromatic heterocycles. The number of ketones is 1. The van der Waals surface area contributed by atoms with E-state index in [0.29, 0.717) is 22.3 Å². The van der Waals surface area contributed by atoms with Crippen LogP contribution in [0, 0.1) is 6.92 Å². The normalized spacial score (nSPS) is 25.5. The topological polar surface area (TPSA) is 134 Å². The van der Waals surface area contributed by atoms with E-state index < -0.39 is 42.1 Å². The smallest absolute Gasteiger partial charge is 0.338 e. The lowest BCUT2D eigenvalue weighted by Crippen LogP contribution is -2.56. The van der Waals surface area contributed by atoms with Crippen molar-refractivity contribution in [3.8, 4) is 11.5 Å². The van der Waals surface area contributed by atoms with Crippen LogP contribution >= 0.6 is 0 Å². The van der Waals surface area contributed by atoms with Crippen molar-refractivity contribution >= 4 is 11.8 Å². The van der Waals surface area contributed by atoms with Crippen molar-refractivity contribution in [3.05, 3.63) is 94.0 Å². The fourth-order valence-electron chi connectivity index (χ4n) is 4.99. The Kier molecular flexibility index (Phi) is 5.80. The van der Waals surface area contributed by atoms with Crippen LogP contribution in [0.4, 0.5) is 0 Å². The zero-order valence-electron chi connectivity index (χ0n) is 18.8. The number of phenols is 2. The molecule has 0 spiro atoms. The van der Waals surface area contributed by atoms with Gasteiger partial charge in [0, 0.05) is 5.92 Å². The Labute approximate surface area is 201 Å². The summed E-state index contributed by atoms with van der Waals surface area (Å²) in [6, 6.07) is 16.0. The second kappa shape index (κ2) is 8.81. The summed E-state index contributed by atoms with van der Waals surface area (Å²) in [5, 5.41) is 43.0. The van der Waals surface area contributed by atoms with Gasteiger partial charge in [-0.05, 0) is 47.9 Å². The number of aromatic hydroxyl groups is 2. The Morgan fingerprint density at radius 3 is 2.37 bits per heavy atom. The number of aliphatic hydroxyl groups is 2. The maximum atomic E-state index is 13.2. The van der Waals surface area contributed by atoms with Crippen molar-refractivity contribution in [2.24, 2.45) is 0 Å². The molecule has 0 radical (unpaired) electrons. The van der Waals surface area contributed by atoms with Crippen LogP contribution in [0.5, 0.6) is 11.5 Å². The number of rotatable bonds is 3. The molecule has 1 aliphatic heterocycles. The number of esters is 1. The van der Waals surface area contributed by atoms with E-state index in [0.717, 1.165) is 0 Å². The van der Waals surface area contributed by atoms with Crippen LogP contribution in [0.3, 0.4) is 0 Å². The molecule has 1 heterocycles. The first-order valence-corrected chi connectivity index (χ1v) is 11.2. The maximum absolute atomic E-state index is 13.2. The molecule has 1 saturated heterocycles. The average molecular weight is 476 g/mol. The zero-order valence-corrected chi connectivity index (χ0v) is 18.8. The second-order valence-corrected chi connectivity index (χ2v) is 8.89. The number of ether oxygens (including phenoxy) is 2. The van der Waals surface area contributed by atoms with Gasteiger partial charge in [0.1, 0.15) is 23.7 Å². The number of hydrogen-bond acceptors (Lipinski definition) is 8. The van der Waals surface area contributed by atoms with Crippen LogP contribution in [-0.2, 0) is 9.47 Å². The minimum Gasteiger partial charge on any atom is -0.507 e. The summed E-state index contributed by atoms with van der Waals surface area (Å²) in [5.74, 6) is -2.49. The Balaban J connectivity index is 1.50. The van der Waals surface area contributed by atoms with E-state index in [-0.39, 0.29) is 29.2 Å². The van der Waals surface area contributed by atoms with Gasteiger partial charge in [0.25, 0.3) is 0 Å². The molecule has 1 aliphatic carbocycles. The van der Waals surface area contributed by atoms with E-state index in [1.54, 1.807) is 55.5 Å². The summed E-state index contributed by atoms with van der Waals surface area (Å²) in [6.07, 6.45) is -5.14. The van der Waals surface area contributed by atoms with Crippen LogP contribution in [0.2, 0.25) is 0 Å². The Morgan fingerprint density at radius 1 is 0.914 bits per heavy atom. The van der Waals surface area contributed by atoms with Crippen LogP contribution in [0.1, 0.15) is 48.9 Å². The van der Waals surface area contributed by atoms with Crippen molar-refractivity contribution < 1.29 is 39.5 Å². The fourth-order valence-corrected chi connectivity index (χ4v) is 4.99. The van der Waals surface area contributed by atoms with Gasteiger partial charge in [-0.15, -0.1) is 0 Å². The third-order valence-electron chi connectivity index (χ3n) is 6.61. The minimum absolute atomic E-state index is 0.00655. The van der Waals surface area contributed by atoms with Gasteiger partial charge in [-0.25, -0.2) is 4.79 Å². The second-order valence-electron chi connectivity index (χ2n) is 8.89. The van der Waals surface area contributed by atoms with Gasteiger partial charge in [-0.1, -0.05) is 36.4 Å². The molecule has 3 aromatic rings. The summed E-state index contributed by atoms with van der Waals surface area (Å²) in [7, 11) is 0. The highest BCUT2D eigenvalue weighted by Gasteiger charge is 2.48. The molecule has 180 valence electrons. The monoisotopic (exact) mass is 476 g/mol. The molecule has 0 unspecified atom stereocenters. The van der Waals surface area contributed by atoms with Crippen LogP contribution in [0.25, 0.3) is 0 Å². The van der Waals surface area contributed by atoms with Crippen molar-refractivity contribution in [3.63, 3.8) is 0 Å². The molecular weight excluding hydrogens is 452 g/mol. The van der Waals surface area contributed by atoms with E-state index in [4.69, 9.17) is 9.47 Å². The van der Waals surface area contributed by atoms with Crippen molar-refractivity contribution in [2.75, 3.05) is 6.61 Å². The summed E-state index contributed by atoms with van der Waals surface area (Å²) < 4.78 is 11.4. The molecule has 5 atom stereocenters. The van der Waals surface area contributed by atoms with Crippen LogP contribution in [0.15, 0.2) is 60.7 Å². The predicted molar refractivity (Wildman–Crippen MR) is 124 cm³/mol. The van der Waals surface area contributed by atoms with Crippen LogP contribution < -0.4 is 0 Å².